The number of ether oxygens (including phenoxy) is 2. The summed E-state index contributed by atoms with van der Waals surface area (Å²) in [5.74, 6) is 5.51. The molecule has 0 amide bonds. The minimum atomic E-state index is -0.601. The Hall–Kier alpha value is -6.01. The number of pyridine rings is 2. The molecule has 3 aromatic heterocycles. The highest BCUT2D eigenvalue weighted by Gasteiger charge is 2.38. The maximum atomic E-state index is 13.9. The number of imidazole rings is 1. The molecule has 0 spiro atoms. The summed E-state index contributed by atoms with van der Waals surface area (Å²) in [4.78, 5) is 40.7. The number of rotatable bonds is 10. The molecule has 4 heterocycles. The van der Waals surface area contributed by atoms with Gasteiger partial charge in [0.25, 0.3) is 0 Å². The van der Waals surface area contributed by atoms with Gasteiger partial charge in [-0.05, 0) is 86.6 Å². The first-order valence-corrected chi connectivity index (χ1v) is 17.2. The van der Waals surface area contributed by atoms with Crippen LogP contribution in [0.25, 0.3) is 22.4 Å². The van der Waals surface area contributed by atoms with Gasteiger partial charge in [0.1, 0.15) is 11.3 Å². The van der Waals surface area contributed by atoms with Crippen LogP contribution in [0.3, 0.4) is 0 Å². The largest absolute Gasteiger partial charge is 0.463 e. The molecule has 1 aliphatic heterocycles. The van der Waals surface area contributed by atoms with Crippen LogP contribution in [-0.4, -0.2) is 44.7 Å². The molecule has 1 unspecified atom stereocenters. The lowest BCUT2D eigenvalue weighted by Crippen LogP contribution is -2.34. The summed E-state index contributed by atoms with van der Waals surface area (Å²) >= 11 is 0. The Bertz CT molecular complexity index is 2170. The zero-order valence-electron chi connectivity index (χ0n) is 29.6. The van der Waals surface area contributed by atoms with Crippen LogP contribution in [0.5, 0.6) is 0 Å². The van der Waals surface area contributed by atoms with Crippen molar-refractivity contribution >= 4 is 28.7 Å². The van der Waals surface area contributed by atoms with Gasteiger partial charge < -0.3 is 14.8 Å². The average molecular weight is 680 g/mol. The van der Waals surface area contributed by atoms with Crippen LogP contribution in [0.4, 0.5) is 0 Å². The minimum Gasteiger partial charge on any atom is -0.463 e. The van der Waals surface area contributed by atoms with Crippen molar-refractivity contribution in [1.29, 1.82) is 0 Å². The fourth-order valence-corrected chi connectivity index (χ4v) is 6.46. The molecular weight excluding hydrogens is 638 g/mol. The summed E-state index contributed by atoms with van der Waals surface area (Å²) in [5.41, 5.74) is 8.53. The number of aromatic nitrogens is 4. The number of esters is 2. The third-order valence-corrected chi connectivity index (χ3v) is 8.97. The van der Waals surface area contributed by atoms with Crippen LogP contribution in [-0.2, 0) is 25.5 Å². The Labute approximate surface area is 298 Å². The molecule has 1 N–H and O–H groups in total. The first-order valence-electron chi connectivity index (χ1n) is 17.2. The van der Waals surface area contributed by atoms with Gasteiger partial charge >= 0.3 is 11.9 Å². The molecule has 9 heteroatoms. The molecule has 258 valence electrons. The first-order chi connectivity index (χ1) is 24.7. The Morgan fingerprint density at radius 3 is 2.35 bits per heavy atom. The third-order valence-electron chi connectivity index (χ3n) is 8.97. The second-order valence-electron chi connectivity index (χ2n) is 12.7. The lowest BCUT2D eigenvalue weighted by molar-refractivity contribution is -0.139. The maximum absolute atomic E-state index is 13.9. The lowest BCUT2D eigenvalue weighted by atomic mass is 9.80. The Balaban J connectivity index is 1.36. The molecule has 51 heavy (non-hydrogen) atoms. The second kappa shape index (κ2) is 15.7. The molecule has 6 rings (SSSR count). The lowest BCUT2D eigenvalue weighted by Gasteiger charge is -2.31. The zero-order valence-corrected chi connectivity index (χ0v) is 29.6. The molecule has 2 aromatic carbocycles. The third kappa shape index (κ3) is 7.76. The SMILES string of the molecule is CCOC(=O)C1=C(c2ccc(-n3c(C)nc4cnccc43)cc2)NC(C)=C(C(=O)OCC#Cc2cccnc2)C1CCc1ccc(C(C)C)cc1. The number of dihydropyridines is 1. The summed E-state index contributed by atoms with van der Waals surface area (Å²) in [6, 6.07) is 22.0. The van der Waals surface area contributed by atoms with Crippen molar-refractivity contribution < 1.29 is 19.1 Å². The van der Waals surface area contributed by atoms with E-state index in [2.05, 4.69) is 74.8 Å². The van der Waals surface area contributed by atoms with E-state index in [0.29, 0.717) is 41.3 Å². The van der Waals surface area contributed by atoms with Gasteiger partial charge in [0.2, 0.25) is 0 Å². The van der Waals surface area contributed by atoms with E-state index in [1.807, 2.05) is 50.2 Å². The smallest absolute Gasteiger partial charge is 0.337 e. The predicted molar refractivity (Wildman–Crippen MR) is 197 cm³/mol. The Morgan fingerprint density at radius 2 is 1.65 bits per heavy atom. The number of fused-ring (bicyclic) bond motifs is 1. The van der Waals surface area contributed by atoms with Crippen molar-refractivity contribution in [2.24, 2.45) is 5.92 Å². The molecular formula is C42H41N5O4. The van der Waals surface area contributed by atoms with Gasteiger partial charge in [-0.3, -0.25) is 14.5 Å². The highest BCUT2D eigenvalue weighted by atomic mass is 16.5. The number of allylic oxidation sites excluding steroid dienone is 1. The number of aryl methyl sites for hydroxylation is 2. The van der Waals surface area contributed by atoms with Crippen LogP contribution in [0.15, 0.2) is 108 Å². The summed E-state index contributed by atoms with van der Waals surface area (Å²) in [6.07, 6.45) is 7.94. The fraction of sp³-hybridized carbons (Fsp3) is 0.262. The topological polar surface area (TPSA) is 108 Å². The van der Waals surface area contributed by atoms with Gasteiger partial charge in [0.05, 0.1) is 35.2 Å². The van der Waals surface area contributed by atoms with Crippen LogP contribution in [0, 0.1) is 24.7 Å². The van der Waals surface area contributed by atoms with Gasteiger partial charge in [0, 0.05) is 41.5 Å². The molecule has 0 aliphatic carbocycles. The highest BCUT2D eigenvalue weighted by molar-refractivity contribution is 6.03. The first kappa shape index (κ1) is 34.8. The van der Waals surface area contributed by atoms with Crippen LogP contribution in [0.2, 0.25) is 0 Å². The number of carbonyl (C=O) groups is 2. The number of nitrogens with zero attached hydrogens (tertiary/aromatic N) is 4. The molecule has 1 atom stereocenters. The van der Waals surface area contributed by atoms with E-state index >= 15 is 0 Å². The van der Waals surface area contributed by atoms with Crippen molar-refractivity contribution in [2.75, 3.05) is 13.2 Å². The van der Waals surface area contributed by atoms with E-state index < -0.39 is 17.9 Å². The van der Waals surface area contributed by atoms with E-state index in [1.54, 1.807) is 37.8 Å². The standard InChI is InChI=1S/C42H41N5O4/c1-6-50-42(49)39-35(20-13-30-11-14-32(15-12-30)27(2)3)38(41(48)51-24-8-10-31-9-7-22-43-25-31)28(4)45-40(39)33-16-18-34(19-17-33)47-29(5)46-36-26-44-23-21-37(36)47/h7,9,11-12,14-19,21-23,25-27,35,45H,6,13,20,24H2,1-5H3. The quantitative estimate of drug-likeness (QED) is 0.122. The van der Waals surface area contributed by atoms with Crippen molar-refractivity contribution in [3.63, 3.8) is 0 Å². The monoisotopic (exact) mass is 679 g/mol. The van der Waals surface area contributed by atoms with Crippen molar-refractivity contribution in [3.8, 4) is 17.5 Å². The normalized spacial score (nSPS) is 14.3. The zero-order chi connectivity index (χ0) is 35.9. The molecule has 0 fully saturated rings. The second-order valence-corrected chi connectivity index (χ2v) is 12.7. The number of nitrogens with one attached hydrogen (secondary N) is 1. The summed E-state index contributed by atoms with van der Waals surface area (Å²) < 4.78 is 13.4. The molecule has 0 radical (unpaired) electrons. The average Bonchev–Trinajstić information content (AvgIpc) is 3.48. The van der Waals surface area contributed by atoms with Crippen LogP contribution >= 0.6 is 0 Å². The number of benzene rings is 2. The molecule has 9 nitrogen and oxygen atoms in total. The molecule has 0 bridgehead atoms. The van der Waals surface area contributed by atoms with Gasteiger partial charge in [0.15, 0.2) is 6.61 Å². The number of hydrogen-bond acceptors (Lipinski definition) is 8. The summed E-state index contributed by atoms with van der Waals surface area (Å²) in [7, 11) is 0. The molecule has 0 saturated carbocycles. The predicted octanol–water partition coefficient (Wildman–Crippen LogP) is 7.24. The van der Waals surface area contributed by atoms with Gasteiger partial charge in [-0.25, -0.2) is 14.6 Å². The Morgan fingerprint density at radius 1 is 0.902 bits per heavy atom. The van der Waals surface area contributed by atoms with Crippen LogP contribution in [0.1, 0.15) is 68.1 Å². The van der Waals surface area contributed by atoms with E-state index in [1.165, 1.54) is 5.56 Å². The number of carbonyl (C=O) groups excluding carboxylic acids is 2. The number of hydrogen-bond donors (Lipinski definition) is 1. The van der Waals surface area contributed by atoms with E-state index in [4.69, 9.17) is 9.47 Å². The maximum Gasteiger partial charge on any atom is 0.337 e. The van der Waals surface area contributed by atoms with Gasteiger partial charge in [-0.2, -0.15) is 0 Å². The van der Waals surface area contributed by atoms with Crippen LogP contribution < -0.4 is 5.32 Å². The minimum absolute atomic E-state index is 0.112. The van der Waals surface area contributed by atoms with E-state index in [-0.39, 0.29) is 13.2 Å². The fourth-order valence-electron chi connectivity index (χ4n) is 6.46. The molecule has 0 saturated heterocycles. The van der Waals surface area contributed by atoms with Gasteiger partial charge in [-0.15, -0.1) is 0 Å². The van der Waals surface area contributed by atoms with Crippen molar-refractivity contribution in [3.05, 3.63) is 136 Å². The van der Waals surface area contributed by atoms with E-state index in [9.17, 15) is 9.59 Å². The summed E-state index contributed by atoms with van der Waals surface area (Å²) in [6.45, 7) is 9.98. The summed E-state index contributed by atoms with van der Waals surface area (Å²) in [5, 5.41) is 3.40. The molecule has 1 aliphatic rings. The van der Waals surface area contributed by atoms with E-state index in [0.717, 1.165) is 39.2 Å². The van der Waals surface area contributed by atoms with Gasteiger partial charge in [-0.1, -0.05) is 62.1 Å². The van der Waals surface area contributed by atoms with Crippen molar-refractivity contribution in [2.45, 2.75) is 53.4 Å². The molecule has 5 aromatic rings. The highest BCUT2D eigenvalue weighted by Crippen LogP contribution is 2.38. The Kier molecular flexibility index (Phi) is 10.7. The van der Waals surface area contributed by atoms with Crippen molar-refractivity contribution in [1.82, 2.24) is 24.8 Å².